The molecule has 0 amide bonds. The van der Waals surface area contributed by atoms with Gasteiger partial charge in [-0.1, -0.05) is 6.92 Å². The van der Waals surface area contributed by atoms with E-state index in [1.54, 1.807) is 6.92 Å². The average molecular weight is 242 g/mol. The molecule has 1 unspecified atom stereocenters. The molecule has 5 heteroatoms. The summed E-state index contributed by atoms with van der Waals surface area (Å²) in [6, 6.07) is 0. The van der Waals surface area contributed by atoms with Gasteiger partial charge in [-0.25, -0.2) is 8.42 Å². The van der Waals surface area contributed by atoms with Gasteiger partial charge in [-0.3, -0.25) is 0 Å². The van der Waals surface area contributed by atoms with Crippen molar-refractivity contribution < 1.29 is 8.42 Å². The van der Waals surface area contributed by atoms with Crippen molar-refractivity contribution in [1.29, 1.82) is 0 Å². The van der Waals surface area contributed by atoms with Crippen molar-refractivity contribution >= 4 is 21.4 Å². The van der Waals surface area contributed by atoms with E-state index < -0.39 is 9.84 Å². The third-order valence-electron chi connectivity index (χ3n) is 2.13. The van der Waals surface area contributed by atoms with Crippen LogP contribution in [0.15, 0.2) is 0 Å². The molecule has 0 fully saturated rings. The van der Waals surface area contributed by atoms with E-state index in [2.05, 4.69) is 0 Å². The zero-order valence-corrected chi connectivity index (χ0v) is 10.7. The lowest BCUT2D eigenvalue weighted by Crippen LogP contribution is -2.28. The Morgan fingerprint density at radius 1 is 1.36 bits per heavy atom. The molecule has 0 bridgehead atoms. The smallest absolute Gasteiger partial charge is 0.151 e. The normalized spacial score (nSPS) is 14.6. The van der Waals surface area contributed by atoms with Crippen molar-refractivity contribution in [2.75, 3.05) is 31.6 Å². The van der Waals surface area contributed by atoms with Crippen LogP contribution < -0.4 is 0 Å². The minimum Gasteiger partial charge on any atom is -0.305 e. The average Bonchev–Trinajstić information content (AvgIpc) is 2.11. The second-order valence-corrected chi connectivity index (χ2v) is 6.83. The van der Waals surface area contributed by atoms with Crippen molar-refractivity contribution in [3.05, 3.63) is 0 Å². The van der Waals surface area contributed by atoms with Crippen molar-refractivity contribution in [1.82, 2.24) is 4.90 Å². The fourth-order valence-electron chi connectivity index (χ4n) is 0.949. The molecule has 0 aromatic rings. The summed E-state index contributed by atoms with van der Waals surface area (Å²) < 4.78 is 22.4. The highest BCUT2D eigenvalue weighted by Gasteiger charge is 2.09. The summed E-state index contributed by atoms with van der Waals surface area (Å²) in [6.07, 6.45) is 0.893. The van der Waals surface area contributed by atoms with Crippen molar-refractivity contribution in [2.45, 2.75) is 25.6 Å². The van der Waals surface area contributed by atoms with E-state index >= 15 is 0 Å². The molecule has 0 rings (SSSR count). The molecule has 0 aliphatic carbocycles. The molecule has 0 aliphatic rings. The Hall–Kier alpha value is 0.200. The quantitative estimate of drug-likeness (QED) is 0.632. The summed E-state index contributed by atoms with van der Waals surface area (Å²) in [4.78, 5) is 2.01. The lowest BCUT2D eigenvalue weighted by atomic mass is 10.3. The van der Waals surface area contributed by atoms with Gasteiger partial charge in [0.1, 0.15) is 0 Å². The Morgan fingerprint density at radius 3 is 2.36 bits per heavy atom. The Morgan fingerprint density at radius 2 is 1.93 bits per heavy atom. The van der Waals surface area contributed by atoms with Crippen molar-refractivity contribution in [3.8, 4) is 0 Å². The lowest BCUT2D eigenvalue weighted by Gasteiger charge is -2.16. The van der Waals surface area contributed by atoms with Crippen LogP contribution in [-0.4, -0.2) is 50.3 Å². The van der Waals surface area contributed by atoms with E-state index in [4.69, 9.17) is 11.6 Å². The van der Waals surface area contributed by atoms with Gasteiger partial charge in [-0.2, -0.15) is 0 Å². The number of nitrogens with zero attached hydrogens (tertiary/aromatic N) is 1. The molecule has 0 heterocycles. The summed E-state index contributed by atoms with van der Waals surface area (Å²) in [7, 11) is -0.907. The van der Waals surface area contributed by atoms with Crippen LogP contribution in [0.4, 0.5) is 0 Å². The van der Waals surface area contributed by atoms with E-state index in [9.17, 15) is 8.42 Å². The first kappa shape index (κ1) is 14.2. The number of rotatable bonds is 7. The topological polar surface area (TPSA) is 37.4 Å². The third kappa shape index (κ3) is 7.59. The maximum Gasteiger partial charge on any atom is 0.151 e. The molecule has 0 saturated heterocycles. The first-order chi connectivity index (χ1) is 6.37. The number of hydrogen-bond acceptors (Lipinski definition) is 3. The Labute approximate surface area is 92.3 Å². The molecule has 1 atom stereocenters. The maximum atomic E-state index is 11.2. The predicted molar refractivity (Wildman–Crippen MR) is 61.8 cm³/mol. The van der Waals surface area contributed by atoms with Crippen LogP contribution in [0.1, 0.15) is 20.3 Å². The van der Waals surface area contributed by atoms with Gasteiger partial charge in [0.25, 0.3) is 0 Å². The highest BCUT2D eigenvalue weighted by molar-refractivity contribution is 7.91. The Balaban J connectivity index is 3.69. The van der Waals surface area contributed by atoms with E-state index in [-0.39, 0.29) is 16.9 Å². The van der Waals surface area contributed by atoms with Gasteiger partial charge in [0.2, 0.25) is 0 Å². The summed E-state index contributed by atoms with van der Waals surface area (Å²) in [5, 5.41) is 0.153. The Kier molecular flexibility index (Phi) is 6.74. The minimum atomic E-state index is -2.83. The van der Waals surface area contributed by atoms with Crippen LogP contribution in [0.2, 0.25) is 0 Å². The molecule has 0 radical (unpaired) electrons. The SMILES string of the molecule is CCS(=O)(=O)CCN(C)CCC(C)Cl. The fraction of sp³-hybridized carbons (Fsp3) is 1.00. The van der Waals surface area contributed by atoms with Gasteiger partial charge < -0.3 is 4.90 Å². The van der Waals surface area contributed by atoms with E-state index in [1.165, 1.54) is 0 Å². The van der Waals surface area contributed by atoms with Gasteiger partial charge in [0.15, 0.2) is 9.84 Å². The monoisotopic (exact) mass is 241 g/mol. The van der Waals surface area contributed by atoms with E-state index in [0.29, 0.717) is 6.54 Å². The molecule has 0 aromatic heterocycles. The van der Waals surface area contributed by atoms with Crippen molar-refractivity contribution in [2.24, 2.45) is 0 Å². The minimum absolute atomic E-state index is 0.153. The second kappa shape index (κ2) is 6.64. The van der Waals surface area contributed by atoms with Gasteiger partial charge in [-0.15, -0.1) is 11.6 Å². The molecule has 14 heavy (non-hydrogen) atoms. The molecule has 0 N–H and O–H groups in total. The largest absolute Gasteiger partial charge is 0.305 e. The summed E-state index contributed by atoms with van der Waals surface area (Å²) in [5.41, 5.74) is 0. The van der Waals surface area contributed by atoms with Crippen molar-refractivity contribution in [3.63, 3.8) is 0 Å². The molecular weight excluding hydrogens is 222 g/mol. The van der Waals surface area contributed by atoms with Crippen LogP contribution in [0.3, 0.4) is 0 Å². The highest BCUT2D eigenvalue weighted by Crippen LogP contribution is 2.01. The fourth-order valence-corrected chi connectivity index (χ4v) is 1.93. The molecule has 86 valence electrons. The summed E-state index contributed by atoms with van der Waals surface area (Å²) in [5.74, 6) is 0.476. The van der Waals surface area contributed by atoms with Gasteiger partial charge in [-0.05, 0) is 26.9 Å². The van der Waals surface area contributed by atoms with Crippen LogP contribution >= 0.6 is 11.6 Å². The molecule has 0 aromatic carbocycles. The third-order valence-corrected chi connectivity index (χ3v) is 4.03. The summed E-state index contributed by atoms with van der Waals surface area (Å²) >= 11 is 5.79. The van der Waals surface area contributed by atoms with Gasteiger partial charge >= 0.3 is 0 Å². The zero-order valence-electron chi connectivity index (χ0n) is 9.16. The highest BCUT2D eigenvalue weighted by atomic mass is 35.5. The lowest BCUT2D eigenvalue weighted by molar-refractivity contribution is 0.347. The summed E-state index contributed by atoms with van der Waals surface area (Å²) in [6.45, 7) is 5.07. The zero-order chi connectivity index (χ0) is 11.2. The van der Waals surface area contributed by atoms with E-state index in [0.717, 1.165) is 13.0 Å². The van der Waals surface area contributed by atoms with Crippen LogP contribution in [0, 0.1) is 0 Å². The molecule has 3 nitrogen and oxygen atoms in total. The standard InChI is InChI=1S/C9H20ClNO2S/c1-4-14(12,13)8-7-11(3)6-5-9(2)10/h9H,4-8H2,1-3H3. The number of hydrogen-bond donors (Lipinski definition) is 0. The van der Waals surface area contributed by atoms with Crippen LogP contribution in [-0.2, 0) is 9.84 Å². The van der Waals surface area contributed by atoms with Crippen LogP contribution in [0.25, 0.3) is 0 Å². The molecule has 0 aliphatic heterocycles. The first-order valence-electron chi connectivity index (χ1n) is 4.90. The van der Waals surface area contributed by atoms with E-state index in [1.807, 2.05) is 18.9 Å². The van der Waals surface area contributed by atoms with Gasteiger partial charge in [0, 0.05) is 17.7 Å². The maximum absolute atomic E-state index is 11.2. The molecule has 0 spiro atoms. The van der Waals surface area contributed by atoms with Crippen LogP contribution in [0.5, 0.6) is 0 Å². The number of alkyl halides is 1. The van der Waals surface area contributed by atoms with Gasteiger partial charge in [0.05, 0.1) is 5.75 Å². The Bertz CT molecular complexity index is 239. The molecular formula is C9H20ClNO2S. The second-order valence-electron chi connectivity index (χ2n) is 3.61. The number of halogens is 1. The predicted octanol–water partition coefficient (Wildman–Crippen LogP) is 1.37. The molecule has 0 saturated carbocycles. The first-order valence-corrected chi connectivity index (χ1v) is 7.16. The number of sulfone groups is 1.